The van der Waals surface area contributed by atoms with Crippen molar-refractivity contribution in [3.63, 3.8) is 0 Å². The number of amides is 1. The molecule has 0 bridgehead atoms. The van der Waals surface area contributed by atoms with Crippen molar-refractivity contribution in [3.05, 3.63) is 46.1 Å². The maximum Gasteiger partial charge on any atom is 0.341 e. The summed E-state index contributed by atoms with van der Waals surface area (Å²) in [4.78, 5) is 26.5. The van der Waals surface area contributed by atoms with Gasteiger partial charge in [-0.1, -0.05) is 11.8 Å². The fraction of sp³-hybridized carbons (Fsp3) is 0.440. The van der Waals surface area contributed by atoms with Crippen LogP contribution < -0.4 is 14.8 Å². The Morgan fingerprint density at radius 2 is 1.92 bits per heavy atom. The van der Waals surface area contributed by atoms with Crippen molar-refractivity contribution in [2.45, 2.75) is 57.8 Å². The monoisotopic (exact) mass is 530 g/mol. The molecule has 11 heteroatoms. The van der Waals surface area contributed by atoms with Crippen LogP contribution in [-0.2, 0) is 28.9 Å². The van der Waals surface area contributed by atoms with Crippen molar-refractivity contribution >= 4 is 40.0 Å². The smallest absolute Gasteiger partial charge is 0.341 e. The predicted molar refractivity (Wildman–Crippen MR) is 139 cm³/mol. The van der Waals surface area contributed by atoms with Crippen LogP contribution >= 0.6 is 23.1 Å². The number of carbonyl (C=O) groups excluding carboxylic acids is 2. The number of anilines is 1. The van der Waals surface area contributed by atoms with E-state index < -0.39 is 0 Å². The molecule has 0 aliphatic heterocycles. The zero-order valence-electron chi connectivity index (χ0n) is 20.8. The Kier molecular flexibility index (Phi) is 8.52. The standard InChI is InChI=1S/C25H30N4O5S2/c1-5-29-22(15(3)34-17-12-10-16(32-4)11-13-17)27-28-25(29)35-14-20(30)26-23-21(24(31)33-6-2)18-8-7-9-19(18)36-23/h10-13,15H,5-9,14H2,1-4H3,(H,26,30). The van der Waals surface area contributed by atoms with Crippen LogP contribution in [0.25, 0.3) is 0 Å². The molecule has 9 nitrogen and oxygen atoms in total. The molecule has 3 aromatic rings. The Balaban J connectivity index is 1.40. The van der Waals surface area contributed by atoms with Gasteiger partial charge < -0.3 is 24.1 Å². The third kappa shape index (κ3) is 5.67. The number of hydrogen-bond donors (Lipinski definition) is 1. The van der Waals surface area contributed by atoms with E-state index in [1.165, 1.54) is 23.1 Å². The van der Waals surface area contributed by atoms with Crippen molar-refractivity contribution in [1.29, 1.82) is 0 Å². The Morgan fingerprint density at radius 3 is 2.61 bits per heavy atom. The van der Waals surface area contributed by atoms with Gasteiger partial charge in [-0.25, -0.2) is 4.79 Å². The Labute approximate surface area is 218 Å². The first-order valence-electron chi connectivity index (χ1n) is 11.9. The summed E-state index contributed by atoms with van der Waals surface area (Å²) in [6, 6.07) is 7.35. The average Bonchev–Trinajstić information content (AvgIpc) is 3.57. The molecule has 1 atom stereocenters. The number of esters is 1. The number of ether oxygens (including phenoxy) is 3. The second-order valence-electron chi connectivity index (χ2n) is 8.14. The summed E-state index contributed by atoms with van der Waals surface area (Å²) in [7, 11) is 1.62. The number of hydrogen-bond acceptors (Lipinski definition) is 9. The van der Waals surface area contributed by atoms with E-state index in [-0.39, 0.29) is 23.7 Å². The van der Waals surface area contributed by atoms with E-state index in [2.05, 4.69) is 15.5 Å². The normalized spacial score (nSPS) is 13.2. The first-order valence-corrected chi connectivity index (χ1v) is 13.7. The number of nitrogens with one attached hydrogen (secondary N) is 1. The minimum Gasteiger partial charge on any atom is -0.497 e. The van der Waals surface area contributed by atoms with E-state index in [0.717, 1.165) is 35.5 Å². The molecule has 2 aromatic heterocycles. The van der Waals surface area contributed by atoms with Gasteiger partial charge in [-0.15, -0.1) is 21.5 Å². The highest BCUT2D eigenvalue weighted by Crippen LogP contribution is 2.39. The lowest BCUT2D eigenvalue weighted by atomic mass is 10.1. The van der Waals surface area contributed by atoms with Crippen molar-refractivity contribution in [2.75, 3.05) is 24.8 Å². The number of carbonyl (C=O) groups is 2. The lowest BCUT2D eigenvalue weighted by molar-refractivity contribution is -0.113. The van der Waals surface area contributed by atoms with Gasteiger partial charge in [0.05, 0.1) is 25.0 Å². The maximum absolute atomic E-state index is 12.8. The van der Waals surface area contributed by atoms with Gasteiger partial charge in [0.15, 0.2) is 17.1 Å². The number of rotatable bonds is 11. The third-order valence-electron chi connectivity index (χ3n) is 5.78. The van der Waals surface area contributed by atoms with E-state index in [4.69, 9.17) is 14.2 Å². The van der Waals surface area contributed by atoms with Gasteiger partial charge >= 0.3 is 5.97 Å². The van der Waals surface area contributed by atoms with Gasteiger partial charge in [0.2, 0.25) is 5.91 Å². The van der Waals surface area contributed by atoms with Gasteiger partial charge in [0.1, 0.15) is 16.5 Å². The molecule has 1 N–H and O–H groups in total. The van der Waals surface area contributed by atoms with Gasteiger partial charge in [-0.3, -0.25) is 4.79 Å². The largest absolute Gasteiger partial charge is 0.497 e. The summed E-state index contributed by atoms with van der Waals surface area (Å²) in [5, 5.41) is 12.7. The molecule has 0 fully saturated rings. The molecule has 4 rings (SSSR count). The van der Waals surface area contributed by atoms with E-state index in [0.29, 0.717) is 40.4 Å². The number of aryl methyl sites for hydroxylation is 1. The highest BCUT2D eigenvalue weighted by Gasteiger charge is 2.28. The molecular formula is C25H30N4O5S2. The van der Waals surface area contributed by atoms with Gasteiger partial charge in [0, 0.05) is 11.4 Å². The van der Waals surface area contributed by atoms with Crippen LogP contribution in [0.15, 0.2) is 29.4 Å². The molecule has 2 heterocycles. The minimum absolute atomic E-state index is 0.136. The highest BCUT2D eigenvalue weighted by molar-refractivity contribution is 7.99. The fourth-order valence-electron chi connectivity index (χ4n) is 4.12. The minimum atomic E-state index is -0.374. The quantitative estimate of drug-likeness (QED) is 0.276. The van der Waals surface area contributed by atoms with Gasteiger partial charge in [0.25, 0.3) is 0 Å². The fourth-order valence-corrected chi connectivity index (χ4v) is 6.22. The summed E-state index contributed by atoms with van der Waals surface area (Å²) < 4.78 is 18.4. The summed E-state index contributed by atoms with van der Waals surface area (Å²) in [5.74, 6) is 1.68. The number of benzene rings is 1. The molecular weight excluding hydrogens is 500 g/mol. The molecule has 1 unspecified atom stereocenters. The van der Waals surface area contributed by atoms with Crippen molar-refractivity contribution in [3.8, 4) is 11.5 Å². The summed E-state index contributed by atoms with van der Waals surface area (Å²) in [6.07, 6.45) is 2.45. The van der Waals surface area contributed by atoms with Crippen LogP contribution in [0.3, 0.4) is 0 Å². The number of nitrogens with zero attached hydrogens (tertiary/aromatic N) is 3. The Bertz CT molecular complexity index is 1220. The number of thiophene rings is 1. The highest BCUT2D eigenvalue weighted by atomic mass is 32.2. The zero-order chi connectivity index (χ0) is 25.7. The van der Waals surface area contributed by atoms with Crippen LogP contribution in [0.5, 0.6) is 11.5 Å². The number of aromatic nitrogens is 3. The topological polar surface area (TPSA) is 105 Å². The predicted octanol–water partition coefficient (Wildman–Crippen LogP) is 4.90. The van der Waals surface area contributed by atoms with Crippen LogP contribution in [0.1, 0.15) is 59.9 Å². The number of methoxy groups -OCH3 is 1. The average molecular weight is 531 g/mol. The maximum atomic E-state index is 12.8. The van der Waals surface area contributed by atoms with E-state index in [9.17, 15) is 9.59 Å². The van der Waals surface area contributed by atoms with E-state index in [1.807, 2.05) is 42.7 Å². The number of fused-ring (bicyclic) bond motifs is 1. The molecule has 1 aromatic carbocycles. The van der Waals surface area contributed by atoms with Crippen LogP contribution in [0.2, 0.25) is 0 Å². The van der Waals surface area contributed by atoms with E-state index in [1.54, 1.807) is 14.0 Å². The van der Waals surface area contributed by atoms with Crippen LogP contribution in [0.4, 0.5) is 5.00 Å². The van der Waals surface area contributed by atoms with Crippen molar-refractivity contribution in [1.82, 2.24) is 14.8 Å². The SMILES string of the molecule is CCOC(=O)c1c(NC(=O)CSc2nnc(C(C)Oc3ccc(OC)cc3)n2CC)sc2c1CCC2. The van der Waals surface area contributed by atoms with Gasteiger partial charge in [-0.05, 0) is 69.9 Å². The molecule has 1 aliphatic rings. The van der Waals surface area contributed by atoms with Gasteiger partial charge in [-0.2, -0.15) is 0 Å². The summed E-state index contributed by atoms with van der Waals surface area (Å²) in [5.41, 5.74) is 1.53. The second-order valence-corrected chi connectivity index (χ2v) is 10.2. The molecule has 36 heavy (non-hydrogen) atoms. The third-order valence-corrected chi connectivity index (χ3v) is 7.96. The Hall–Kier alpha value is -3.05. The lowest BCUT2D eigenvalue weighted by Gasteiger charge is -2.15. The van der Waals surface area contributed by atoms with E-state index >= 15 is 0 Å². The second kappa shape index (κ2) is 11.8. The van der Waals surface area contributed by atoms with Crippen LogP contribution in [-0.4, -0.2) is 46.1 Å². The van der Waals surface area contributed by atoms with Crippen LogP contribution in [0, 0.1) is 0 Å². The van der Waals surface area contributed by atoms with Crippen molar-refractivity contribution in [2.24, 2.45) is 0 Å². The van der Waals surface area contributed by atoms with Crippen molar-refractivity contribution < 1.29 is 23.8 Å². The molecule has 1 amide bonds. The molecule has 0 spiro atoms. The molecule has 0 radical (unpaired) electrons. The summed E-state index contributed by atoms with van der Waals surface area (Å²) >= 11 is 2.77. The first kappa shape index (κ1) is 26.0. The Morgan fingerprint density at radius 1 is 1.17 bits per heavy atom. The summed E-state index contributed by atoms with van der Waals surface area (Å²) in [6.45, 7) is 6.61. The number of thioether (sulfide) groups is 1. The molecule has 0 saturated carbocycles. The lowest BCUT2D eigenvalue weighted by Crippen LogP contribution is -2.17. The molecule has 1 aliphatic carbocycles. The first-order chi connectivity index (χ1) is 17.4. The molecule has 0 saturated heterocycles. The zero-order valence-corrected chi connectivity index (χ0v) is 22.5. The molecule has 192 valence electrons.